The second-order valence-electron chi connectivity index (χ2n) is 5.02. The third kappa shape index (κ3) is 3.53. The van der Waals surface area contributed by atoms with Gasteiger partial charge in [0, 0.05) is 34.6 Å². The quantitative estimate of drug-likeness (QED) is 0.694. The van der Waals surface area contributed by atoms with Gasteiger partial charge in [0.15, 0.2) is 0 Å². The normalized spacial score (nSPS) is 19.4. The minimum atomic E-state index is 0.710. The maximum absolute atomic E-state index is 3.60. The third-order valence-corrected chi connectivity index (χ3v) is 5.12. The highest BCUT2D eigenvalue weighted by molar-refractivity contribution is 9.10. The van der Waals surface area contributed by atoms with E-state index in [0.29, 0.717) is 6.04 Å². The van der Waals surface area contributed by atoms with Gasteiger partial charge in [-0.25, -0.2) is 0 Å². The van der Waals surface area contributed by atoms with E-state index in [1.54, 1.807) is 0 Å². The van der Waals surface area contributed by atoms with Gasteiger partial charge in [0.1, 0.15) is 0 Å². The van der Waals surface area contributed by atoms with Gasteiger partial charge < -0.3 is 4.90 Å². The van der Waals surface area contributed by atoms with Gasteiger partial charge in [-0.15, -0.1) is 0 Å². The van der Waals surface area contributed by atoms with Gasteiger partial charge >= 0.3 is 0 Å². The molecule has 1 aliphatic heterocycles. The standard InChI is InChI=1S/C15H22Br2N2/c1-3-18(4-2)14-7-8-19(11-14)15-6-5-13(17)9-12(15)10-16/h5-6,9,14H,3-4,7-8,10-11H2,1-2H3. The van der Waals surface area contributed by atoms with E-state index in [4.69, 9.17) is 0 Å². The van der Waals surface area contributed by atoms with Crippen molar-refractivity contribution < 1.29 is 0 Å². The Kier molecular flexibility index (Phi) is 5.72. The molecule has 1 aliphatic rings. The topological polar surface area (TPSA) is 6.48 Å². The van der Waals surface area contributed by atoms with Crippen LogP contribution in [-0.2, 0) is 5.33 Å². The van der Waals surface area contributed by atoms with Crippen LogP contribution in [0.2, 0.25) is 0 Å². The number of hydrogen-bond acceptors (Lipinski definition) is 2. The Morgan fingerprint density at radius 2 is 2.05 bits per heavy atom. The van der Waals surface area contributed by atoms with Gasteiger partial charge in [0.2, 0.25) is 0 Å². The number of halogens is 2. The van der Waals surface area contributed by atoms with Crippen LogP contribution >= 0.6 is 31.9 Å². The van der Waals surface area contributed by atoms with Gasteiger partial charge in [-0.05, 0) is 43.3 Å². The highest BCUT2D eigenvalue weighted by Gasteiger charge is 2.27. The third-order valence-electron chi connectivity index (χ3n) is 4.02. The first kappa shape index (κ1) is 15.3. The van der Waals surface area contributed by atoms with Crippen molar-refractivity contribution in [2.75, 3.05) is 31.1 Å². The van der Waals surface area contributed by atoms with Crippen LogP contribution < -0.4 is 4.90 Å². The summed E-state index contributed by atoms with van der Waals surface area (Å²) in [6, 6.07) is 7.31. The molecular formula is C15H22Br2N2. The predicted molar refractivity (Wildman–Crippen MR) is 90.3 cm³/mol. The van der Waals surface area contributed by atoms with E-state index in [1.165, 1.54) is 24.2 Å². The number of anilines is 1. The van der Waals surface area contributed by atoms with Crippen molar-refractivity contribution in [3.8, 4) is 0 Å². The van der Waals surface area contributed by atoms with Crippen molar-refractivity contribution in [2.24, 2.45) is 0 Å². The Bertz CT molecular complexity index is 419. The van der Waals surface area contributed by atoms with Crippen LogP contribution in [0.5, 0.6) is 0 Å². The lowest BCUT2D eigenvalue weighted by Gasteiger charge is -2.27. The van der Waals surface area contributed by atoms with E-state index in [-0.39, 0.29) is 0 Å². The van der Waals surface area contributed by atoms with Crippen molar-refractivity contribution in [3.05, 3.63) is 28.2 Å². The lowest BCUT2D eigenvalue weighted by molar-refractivity contribution is 0.232. The fourth-order valence-electron chi connectivity index (χ4n) is 2.97. The number of alkyl halides is 1. The zero-order chi connectivity index (χ0) is 13.8. The summed E-state index contributed by atoms with van der Waals surface area (Å²) in [5.41, 5.74) is 2.75. The molecule has 2 rings (SSSR count). The highest BCUT2D eigenvalue weighted by atomic mass is 79.9. The van der Waals surface area contributed by atoms with E-state index in [9.17, 15) is 0 Å². The van der Waals surface area contributed by atoms with Crippen LogP contribution in [0.4, 0.5) is 5.69 Å². The molecule has 1 heterocycles. The van der Waals surface area contributed by atoms with Gasteiger partial charge in [0.25, 0.3) is 0 Å². The second kappa shape index (κ2) is 7.09. The summed E-state index contributed by atoms with van der Waals surface area (Å²) in [6.45, 7) is 9.15. The predicted octanol–water partition coefficient (Wildman–Crippen LogP) is 4.26. The SMILES string of the molecule is CCN(CC)C1CCN(c2ccc(Br)cc2CBr)C1. The first-order valence-corrected chi connectivity index (χ1v) is 8.94. The van der Waals surface area contributed by atoms with Crippen LogP contribution in [0.1, 0.15) is 25.8 Å². The lowest BCUT2D eigenvalue weighted by Crippen LogP contribution is -2.37. The minimum Gasteiger partial charge on any atom is -0.370 e. The van der Waals surface area contributed by atoms with E-state index < -0.39 is 0 Å². The first-order chi connectivity index (χ1) is 9.19. The van der Waals surface area contributed by atoms with Gasteiger partial charge in [0.05, 0.1) is 0 Å². The first-order valence-electron chi connectivity index (χ1n) is 7.03. The molecule has 0 bridgehead atoms. The number of hydrogen-bond donors (Lipinski definition) is 0. The summed E-state index contributed by atoms with van der Waals surface area (Å²) < 4.78 is 1.16. The molecule has 1 unspecified atom stereocenters. The van der Waals surface area contributed by atoms with Crippen LogP contribution in [0.3, 0.4) is 0 Å². The smallest absolute Gasteiger partial charge is 0.0408 e. The molecule has 0 saturated carbocycles. The summed E-state index contributed by atoms with van der Waals surface area (Å²) in [4.78, 5) is 5.11. The molecule has 1 aromatic rings. The van der Waals surface area contributed by atoms with Crippen LogP contribution in [-0.4, -0.2) is 37.1 Å². The number of rotatable bonds is 5. The average molecular weight is 390 g/mol. The van der Waals surface area contributed by atoms with Gasteiger partial charge in [-0.3, -0.25) is 4.90 Å². The Morgan fingerprint density at radius 1 is 1.32 bits per heavy atom. The van der Waals surface area contributed by atoms with Crippen LogP contribution in [0, 0.1) is 0 Å². The zero-order valence-corrected chi connectivity index (χ0v) is 14.9. The molecule has 1 atom stereocenters. The molecule has 0 aromatic heterocycles. The van der Waals surface area contributed by atoms with E-state index in [2.05, 4.69) is 73.7 Å². The fourth-order valence-corrected chi connectivity index (χ4v) is 3.83. The van der Waals surface area contributed by atoms with E-state index in [0.717, 1.165) is 29.4 Å². The molecule has 0 N–H and O–H groups in total. The summed E-state index contributed by atoms with van der Waals surface area (Å²) in [7, 11) is 0. The summed E-state index contributed by atoms with van der Waals surface area (Å²) in [5, 5.41) is 0.911. The number of likely N-dealkylation sites (N-methyl/N-ethyl adjacent to an activating group) is 1. The molecule has 0 amide bonds. The number of nitrogens with zero attached hydrogens (tertiary/aromatic N) is 2. The summed E-state index contributed by atoms with van der Waals surface area (Å²) >= 11 is 7.16. The Labute approximate surface area is 133 Å². The molecule has 0 radical (unpaired) electrons. The molecule has 106 valence electrons. The molecule has 19 heavy (non-hydrogen) atoms. The van der Waals surface area contributed by atoms with Crippen molar-refractivity contribution in [1.29, 1.82) is 0 Å². The van der Waals surface area contributed by atoms with Crippen molar-refractivity contribution in [3.63, 3.8) is 0 Å². The molecule has 2 nitrogen and oxygen atoms in total. The molecule has 1 fully saturated rings. The second-order valence-corrected chi connectivity index (χ2v) is 6.49. The van der Waals surface area contributed by atoms with Gasteiger partial charge in [-0.1, -0.05) is 45.7 Å². The fraction of sp³-hybridized carbons (Fsp3) is 0.600. The average Bonchev–Trinajstić information content (AvgIpc) is 2.89. The van der Waals surface area contributed by atoms with E-state index in [1.807, 2.05) is 0 Å². The molecule has 1 aromatic carbocycles. The summed E-state index contributed by atoms with van der Waals surface area (Å²) in [6.07, 6.45) is 1.28. The maximum Gasteiger partial charge on any atom is 0.0408 e. The number of benzene rings is 1. The summed E-state index contributed by atoms with van der Waals surface area (Å²) in [5.74, 6) is 0. The maximum atomic E-state index is 3.60. The lowest BCUT2D eigenvalue weighted by atomic mass is 10.2. The zero-order valence-electron chi connectivity index (χ0n) is 11.7. The molecule has 0 spiro atoms. The molecule has 4 heteroatoms. The largest absolute Gasteiger partial charge is 0.370 e. The van der Waals surface area contributed by atoms with Crippen molar-refractivity contribution in [2.45, 2.75) is 31.6 Å². The van der Waals surface area contributed by atoms with Crippen LogP contribution in [0.15, 0.2) is 22.7 Å². The van der Waals surface area contributed by atoms with Gasteiger partial charge in [-0.2, -0.15) is 0 Å². The highest BCUT2D eigenvalue weighted by Crippen LogP contribution is 2.30. The minimum absolute atomic E-state index is 0.710. The molecule has 0 aliphatic carbocycles. The molecule has 1 saturated heterocycles. The van der Waals surface area contributed by atoms with Crippen molar-refractivity contribution in [1.82, 2.24) is 4.90 Å². The molecular weight excluding hydrogens is 368 g/mol. The monoisotopic (exact) mass is 388 g/mol. The van der Waals surface area contributed by atoms with E-state index >= 15 is 0 Å². The Balaban J connectivity index is 2.12. The Morgan fingerprint density at radius 3 is 2.68 bits per heavy atom. The van der Waals surface area contributed by atoms with Crippen molar-refractivity contribution >= 4 is 37.5 Å². The Hall–Kier alpha value is -0.0600. The van der Waals surface area contributed by atoms with Crippen LogP contribution in [0.25, 0.3) is 0 Å².